The number of nitrogens with zero attached hydrogens (tertiary/aromatic N) is 1. The van der Waals surface area contributed by atoms with E-state index in [1.807, 2.05) is 0 Å². The predicted octanol–water partition coefficient (Wildman–Crippen LogP) is 6.07. The zero-order valence-electron chi connectivity index (χ0n) is 21.7. The van der Waals surface area contributed by atoms with Gasteiger partial charge in [-0.1, -0.05) is 121 Å². The molecule has 4 aromatic rings. The molecular formula is C34H27NO4S. The Morgan fingerprint density at radius 1 is 0.725 bits per heavy atom. The Morgan fingerprint density at radius 2 is 1.20 bits per heavy atom. The van der Waals surface area contributed by atoms with Crippen LogP contribution in [-0.4, -0.2) is 32.6 Å². The van der Waals surface area contributed by atoms with Crippen molar-refractivity contribution in [3.8, 4) is 6.07 Å². The molecule has 198 valence electrons. The molecule has 40 heavy (non-hydrogen) atoms. The van der Waals surface area contributed by atoms with Gasteiger partial charge in [-0.2, -0.15) is 5.26 Å². The highest BCUT2D eigenvalue weighted by molar-refractivity contribution is 7.86. The molecule has 0 spiro atoms. The van der Waals surface area contributed by atoms with Gasteiger partial charge >= 0.3 is 0 Å². The lowest BCUT2D eigenvalue weighted by Crippen LogP contribution is -2.57. The summed E-state index contributed by atoms with van der Waals surface area (Å²) in [6.07, 6.45) is -0.155. The molecule has 0 radical (unpaired) electrons. The van der Waals surface area contributed by atoms with E-state index < -0.39 is 39.1 Å². The number of ketones is 3. The van der Waals surface area contributed by atoms with Crippen molar-refractivity contribution in [3.63, 3.8) is 0 Å². The van der Waals surface area contributed by atoms with Gasteiger partial charge in [-0.15, -0.1) is 0 Å². The molecule has 5 atom stereocenters. The zero-order chi connectivity index (χ0) is 28.1. The molecule has 1 aliphatic rings. The second-order valence-corrected chi connectivity index (χ2v) is 11.6. The lowest BCUT2D eigenvalue weighted by Gasteiger charge is -2.47. The highest BCUT2D eigenvalue weighted by Crippen LogP contribution is 2.53. The van der Waals surface area contributed by atoms with Gasteiger partial charge in [-0.05, 0) is 5.56 Å². The Kier molecular flexibility index (Phi) is 7.95. The van der Waals surface area contributed by atoms with Crippen LogP contribution in [0, 0.1) is 22.7 Å². The lowest BCUT2D eigenvalue weighted by molar-refractivity contribution is 0.0679. The van der Waals surface area contributed by atoms with Crippen molar-refractivity contribution in [2.45, 2.75) is 17.6 Å². The molecule has 1 saturated heterocycles. The summed E-state index contributed by atoms with van der Waals surface area (Å²) in [6, 6.07) is 36.9. The van der Waals surface area contributed by atoms with Crippen molar-refractivity contribution in [2.75, 3.05) is 5.75 Å². The average Bonchev–Trinajstić information content (AvgIpc) is 3.02. The van der Waals surface area contributed by atoms with Crippen molar-refractivity contribution in [1.82, 2.24) is 0 Å². The number of hydrogen-bond donors (Lipinski definition) is 0. The lowest BCUT2D eigenvalue weighted by atomic mass is 9.58. The van der Waals surface area contributed by atoms with Gasteiger partial charge in [0.1, 0.15) is 10.7 Å². The van der Waals surface area contributed by atoms with Crippen LogP contribution in [0.2, 0.25) is 0 Å². The fraction of sp³-hybridized carbons (Fsp3) is 0.176. The van der Waals surface area contributed by atoms with E-state index in [0.29, 0.717) is 22.3 Å². The third-order valence-electron chi connectivity index (χ3n) is 7.69. The van der Waals surface area contributed by atoms with Gasteiger partial charge in [0.2, 0.25) is 0 Å². The molecule has 1 heterocycles. The third kappa shape index (κ3) is 4.97. The van der Waals surface area contributed by atoms with Crippen LogP contribution in [0.3, 0.4) is 0 Å². The smallest absolute Gasteiger partial charge is 0.184 e. The SMILES string of the molecule is N#C[C@]1(C(=O)c2ccccc2)[C@@H](CC(=O)c2ccccc2)CS(=O)[C@@H](C(=O)c2ccccc2)[C@@H]1c1ccccc1. The summed E-state index contributed by atoms with van der Waals surface area (Å²) in [6.45, 7) is 0. The maximum atomic E-state index is 14.5. The Labute approximate surface area is 235 Å². The van der Waals surface area contributed by atoms with Crippen LogP contribution in [0.25, 0.3) is 0 Å². The first-order chi connectivity index (χ1) is 19.5. The summed E-state index contributed by atoms with van der Waals surface area (Å²) in [5.41, 5.74) is -0.143. The van der Waals surface area contributed by atoms with Crippen molar-refractivity contribution < 1.29 is 18.6 Å². The summed E-state index contributed by atoms with van der Waals surface area (Å²) >= 11 is 0. The first-order valence-corrected chi connectivity index (χ1v) is 14.5. The molecule has 0 aromatic heterocycles. The highest BCUT2D eigenvalue weighted by atomic mass is 32.2. The number of carbonyl (C=O) groups excluding carboxylic acids is 3. The standard InChI is InChI=1S/C34H27NO4S/c35-23-34(33(38)27-19-11-4-12-20-27)28(21-29(36)24-13-5-1-6-14-24)22-40(39)32(30(34)25-15-7-2-8-16-25)31(37)26-17-9-3-10-18-26/h1-20,28,30,32H,21-22H2/t28-,30-,32+,34-,40?/m0/s1. The Morgan fingerprint density at radius 3 is 1.73 bits per heavy atom. The molecule has 5 nitrogen and oxygen atoms in total. The molecule has 4 aromatic carbocycles. The fourth-order valence-corrected chi connectivity index (χ4v) is 7.80. The summed E-state index contributed by atoms with van der Waals surface area (Å²) in [4.78, 5) is 42.0. The van der Waals surface area contributed by atoms with E-state index in [4.69, 9.17) is 0 Å². The molecule has 0 saturated carbocycles. The van der Waals surface area contributed by atoms with Gasteiger partial charge in [-0.3, -0.25) is 18.6 Å². The maximum absolute atomic E-state index is 14.5. The van der Waals surface area contributed by atoms with Gasteiger partial charge in [0, 0.05) is 51.5 Å². The second kappa shape index (κ2) is 11.7. The molecule has 6 heteroatoms. The maximum Gasteiger partial charge on any atom is 0.184 e. The van der Waals surface area contributed by atoms with Gasteiger partial charge in [0.25, 0.3) is 0 Å². The molecule has 0 N–H and O–H groups in total. The first-order valence-electron chi connectivity index (χ1n) is 13.1. The van der Waals surface area contributed by atoms with Crippen LogP contribution in [0.15, 0.2) is 121 Å². The Bertz CT molecular complexity index is 1580. The second-order valence-electron chi connectivity index (χ2n) is 9.95. The Balaban J connectivity index is 1.72. The van der Waals surface area contributed by atoms with Crippen molar-refractivity contribution in [3.05, 3.63) is 144 Å². The van der Waals surface area contributed by atoms with Crippen LogP contribution in [0.5, 0.6) is 0 Å². The van der Waals surface area contributed by atoms with Crippen LogP contribution in [-0.2, 0) is 10.8 Å². The predicted molar refractivity (Wildman–Crippen MR) is 154 cm³/mol. The highest BCUT2D eigenvalue weighted by Gasteiger charge is 2.61. The molecule has 1 unspecified atom stereocenters. The molecule has 1 aliphatic heterocycles. The fourth-order valence-electron chi connectivity index (χ4n) is 5.77. The summed E-state index contributed by atoms with van der Waals surface area (Å²) in [7, 11) is -1.77. The van der Waals surface area contributed by atoms with E-state index in [-0.39, 0.29) is 23.7 Å². The quantitative estimate of drug-likeness (QED) is 0.251. The molecule has 0 aliphatic carbocycles. The first kappa shape index (κ1) is 27.1. The minimum atomic E-state index is -1.82. The van der Waals surface area contributed by atoms with Crippen LogP contribution in [0.1, 0.15) is 49.0 Å². The van der Waals surface area contributed by atoms with Gasteiger partial charge in [-0.25, -0.2) is 0 Å². The normalized spacial score (nSPS) is 24.0. The summed E-state index contributed by atoms with van der Waals surface area (Å²) < 4.78 is 14.0. The molecular weight excluding hydrogens is 518 g/mol. The van der Waals surface area contributed by atoms with Crippen molar-refractivity contribution in [2.24, 2.45) is 11.3 Å². The zero-order valence-corrected chi connectivity index (χ0v) is 22.5. The number of benzene rings is 4. The topological polar surface area (TPSA) is 92.1 Å². The molecule has 5 rings (SSSR count). The number of Topliss-reactive ketones (excluding diaryl/α,β-unsaturated/α-hetero) is 3. The summed E-state index contributed by atoms with van der Waals surface area (Å²) in [5, 5.41) is 9.87. The van der Waals surface area contributed by atoms with Gasteiger partial charge < -0.3 is 0 Å². The van der Waals surface area contributed by atoms with Crippen LogP contribution >= 0.6 is 0 Å². The van der Waals surface area contributed by atoms with E-state index in [0.717, 1.165) is 0 Å². The monoisotopic (exact) mass is 545 g/mol. The van der Waals surface area contributed by atoms with Crippen LogP contribution in [0.4, 0.5) is 0 Å². The largest absolute Gasteiger partial charge is 0.294 e. The van der Waals surface area contributed by atoms with E-state index in [2.05, 4.69) is 6.07 Å². The minimum absolute atomic E-state index is 0.128. The van der Waals surface area contributed by atoms with E-state index in [1.54, 1.807) is 121 Å². The summed E-state index contributed by atoms with van der Waals surface area (Å²) in [5.74, 6) is -3.16. The molecule has 0 bridgehead atoms. The Hall–Kier alpha value is -4.47. The van der Waals surface area contributed by atoms with Gasteiger partial charge in [0.15, 0.2) is 17.3 Å². The number of hydrogen-bond acceptors (Lipinski definition) is 5. The average molecular weight is 546 g/mol. The van der Waals surface area contributed by atoms with E-state index >= 15 is 0 Å². The molecule has 1 fully saturated rings. The van der Waals surface area contributed by atoms with Crippen molar-refractivity contribution in [1.29, 1.82) is 5.26 Å². The number of rotatable bonds is 8. The number of nitriles is 1. The minimum Gasteiger partial charge on any atom is -0.294 e. The van der Waals surface area contributed by atoms with Crippen LogP contribution < -0.4 is 0 Å². The van der Waals surface area contributed by atoms with Crippen molar-refractivity contribution >= 4 is 28.1 Å². The van der Waals surface area contributed by atoms with Gasteiger partial charge in [0.05, 0.1) is 6.07 Å². The van der Waals surface area contributed by atoms with E-state index in [9.17, 15) is 23.9 Å². The third-order valence-corrected chi connectivity index (χ3v) is 9.47. The number of carbonyl (C=O) groups is 3. The van der Waals surface area contributed by atoms with E-state index in [1.165, 1.54) is 0 Å². The molecule has 0 amide bonds.